The summed E-state index contributed by atoms with van der Waals surface area (Å²) in [7, 11) is 1.54. The second kappa shape index (κ2) is 10.4. The number of amides is 4. The number of rotatable bonds is 5. The molecule has 6 unspecified atom stereocenters. The molecule has 44 heavy (non-hydrogen) atoms. The topological polar surface area (TPSA) is 125 Å². The molecule has 7 rings (SSSR count). The van der Waals surface area contributed by atoms with Gasteiger partial charge >= 0.3 is 0 Å². The maximum Gasteiger partial charge on any atom is 0.260 e. The summed E-state index contributed by atoms with van der Waals surface area (Å²) in [6, 6.07) is 18.4. The largest absolute Gasteiger partial charge is 0.508 e. The van der Waals surface area contributed by atoms with E-state index in [1.54, 1.807) is 55.6 Å². The number of nitrogens with zero attached hydrogens (tertiary/aromatic N) is 1. The molecule has 2 aliphatic carbocycles. The van der Waals surface area contributed by atoms with E-state index in [1.165, 1.54) is 12.1 Å². The van der Waals surface area contributed by atoms with Crippen LogP contribution in [0.3, 0.4) is 0 Å². The van der Waals surface area contributed by atoms with Gasteiger partial charge in [-0.1, -0.05) is 59.1 Å². The van der Waals surface area contributed by atoms with Crippen LogP contribution in [-0.4, -0.2) is 40.9 Å². The zero-order valence-corrected chi connectivity index (χ0v) is 24.9. The molecule has 1 saturated carbocycles. The number of methoxy groups -OCH3 is 1. The first-order valence-corrected chi connectivity index (χ1v) is 15.0. The van der Waals surface area contributed by atoms with E-state index in [2.05, 4.69) is 10.7 Å². The molecule has 2 aliphatic heterocycles. The van der Waals surface area contributed by atoms with Crippen molar-refractivity contribution in [3.8, 4) is 11.5 Å². The molecule has 3 aromatic carbocycles. The number of hydrazine groups is 1. The van der Waals surface area contributed by atoms with Crippen LogP contribution in [-0.2, 0) is 24.6 Å². The van der Waals surface area contributed by atoms with Crippen LogP contribution in [0.1, 0.15) is 29.9 Å². The van der Waals surface area contributed by atoms with Crippen LogP contribution in [0.15, 0.2) is 78.4 Å². The number of carbonyl (C=O) groups is 4. The Bertz CT molecular complexity index is 1780. The van der Waals surface area contributed by atoms with Crippen LogP contribution in [0.4, 0.5) is 5.69 Å². The zero-order valence-electron chi connectivity index (χ0n) is 23.4. The number of benzene rings is 3. The third-order valence-electron chi connectivity index (χ3n) is 9.63. The molecule has 4 amide bonds. The molecule has 2 heterocycles. The highest BCUT2D eigenvalue weighted by molar-refractivity contribution is 6.36. The summed E-state index contributed by atoms with van der Waals surface area (Å²) in [5.74, 6) is -4.53. The fraction of sp³-hybridized carbons (Fsp3) is 0.273. The molecule has 3 fully saturated rings. The van der Waals surface area contributed by atoms with Crippen molar-refractivity contribution in [1.29, 1.82) is 0 Å². The SMILES string of the molecule is COc1ccc(C23C(=O)N(Nc4ccc(Cl)cc4Cl)C(=O)C2CC2C(=CCC4C(=O)NC(=O)C42)C3c2cccc(O)c2)cc1. The molecule has 0 aromatic heterocycles. The number of phenols is 1. The number of allylic oxidation sites excluding steroid dienone is 2. The van der Waals surface area contributed by atoms with Crippen LogP contribution < -0.4 is 15.5 Å². The van der Waals surface area contributed by atoms with E-state index in [0.717, 1.165) is 10.6 Å². The van der Waals surface area contributed by atoms with Gasteiger partial charge in [0, 0.05) is 10.9 Å². The molecule has 11 heteroatoms. The summed E-state index contributed by atoms with van der Waals surface area (Å²) >= 11 is 12.6. The predicted octanol–water partition coefficient (Wildman–Crippen LogP) is 4.98. The number of fused-ring (bicyclic) bond motifs is 4. The lowest BCUT2D eigenvalue weighted by Gasteiger charge is -2.50. The van der Waals surface area contributed by atoms with Crippen molar-refractivity contribution >= 4 is 52.5 Å². The number of nitrogens with one attached hydrogen (secondary N) is 2. The van der Waals surface area contributed by atoms with E-state index in [9.17, 15) is 19.5 Å². The summed E-state index contributed by atoms with van der Waals surface area (Å²) in [5.41, 5.74) is 3.77. The molecule has 6 atom stereocenters. The number of phenolic OH excluding ortho intramolecular Hbond substituents is 1. The maximum atomic E-state index is 15.0. The molecule has 3 N–H and O–H groups in total. The van der Waals surface area contributed by atoms with E-state index in [-0.39, 0.29) is 29.0 Å². The predicted molar refractivity (Wildman–Crippen MR) is 162 cm³/mol. The number of hydrogen-bond acceptors (Lipinski definition) is 7. The van der Waals surface area contributed by atoms with Crippen molar-refractivity contribution in [3.05, 3.63) is 99.6 Å². The Morgan fingerprint density at radius 2 is 1.75 bits per heavy atom. The van der Waals surface area contributed by atoms with Gasteiger partial charge in [0.05, 0.1) is 41.0 Å². The molecule has 0 spiro atoms. The minimum atomic E-state index is -1.47. The highest BCUT2D eigenvalue weighted by atomic mass is 35.5. The molecular formula is C33H27Cl2N3O6. The van der Waals surface area contributed by atoms with Crippen molar-refractivity contribution in [2.24, 2.45) is 23.7 Å². The van der Waals surface area contributed by atoms with Gasteiger partial charge in [0.2, 0.25) is 11.8 Å². The van der Waals surface area contributed by atoms with Gasteiger partial charge in [-0.3, -0.25) is 29.9 Å². The van der Waals surface area contributed by atoms with Gasteiger partial charge in [0.25, 0.3) is 11.8 Å². The number of halogens is 2. The molecular weight excluding hydrogens is 605 g/mol. The first kappa shape index (κ1) is 28.4. The highest BCUT2D eigenvalue weighted by Crippen LogP contribution is 2.64. The number of hydrogen-bond donors (Lipinski definition) is 3. The van der Waals surface area contributed by atoms with Gasteiger partial charge in [0.1, 0.15) is 11.5 Å². The lowest BCUT2D eigenvalue weighted by atomic mass is 9.49. The zero-order chi connectivity index (χ0) is 30.9. The summed E-state index contributed by atoms with van der Waals surface area (Å²) < 4.78 is 5.40. The summed E-state index contributed by atoms with van der Waals surface area (Å²) in [5, 5.41) is 14.7. The molecule has 4 aliphatic rings. The van der Waals surface area contributed by atoms with Gasteiger partial charge in [0.15, 0.2) is 0 Å². The second-order valence-electron chi connectivity index (χ2n) is 11.7. The lowest BCUT2D eigenvalue weighted by molar-refractivity contribution is -0.138. The standard InChI is InChI=1S/C33H27Cl2N3O6/c1-44-20-8-5-17(6-9-20)33-24(31(42)38(32(33)43)37-26-12-7-18(34)14-25(26)35)15-23-21(28(33)16-3-2-4-19(39)13-16)10-11-22-27(23)30(41)36-29(22)40/h2-10,12-14,22-24,27-28,37,39H,11,15H2,1H3,(H,36,40,41). The summed E-state index contributed by atoms with van der Waals surface area (Å²) in [6.07, 6.45) is 2.42. The minimum Gasteiger partial charge on any atom is -0.508 e. The summed E-state index contributed by atoms with van der Waals surface area (Å²) in [4.78, 5) is 55.4. The van der Waals surface area contributed by atoms with Gasteiger partial charge in [-0.25, -0.2) is 0 Å². The summed E-state index contributed by atoms with van der Waals surface area (Å²) in [6.45, 7) is 0. The highest BCUT2D eigenvalue weighted by Gasteiger charge is 2.70. The minimum absolute atomic E-state index is 0.00572. The molecule has 2 saturated heterocycles. The third kappa shape index (κ3) is 4.06. The van der Waals surface area contributed by atoms with Crippen LogP contribution in [0.25, 0.3) is 0 Å². The third-order valence-corrected chi connectivity index (χ3v) is 10.2. The van der Waals surface area contributed by atoms with E-state index in [4.69, 9.17) is 27.9 Å². The Balaban J connectivity index is 1.47. The Hall–Kier alpha value is -4.34. The van der Waals surface area contributed by atoms with Gasteiger partial charge in [-0.2, -0.15) is 5.01 Å². The molecule has 0 bridgehead atoms. The van der Waals surface area contributed by atoms with E-state index >= 15 is 4.79 Å². The number of aromatic hydroxyl groups is 1. The van der Waals surface area contributed by atoms with E-state index < -0.39 is 46.8 Å². The quantitative estimate of drug-likeness (QED) is 0.268. The van der Waals surface area contributed by atoms with Crippen LogP contribution in [0.2, 0.25) is 10.0 Å². The van der Waals surface area contributed by atoms with Crippen molar-refractivity contribution in [3.63, 3.8) is 0 Å². The van der Waals surface area contributed by atoms with Gasteiger partial charge < -0.3 is 9.84 Å². The van der Waals surface area contributed by atoms with Gasteiger partial charge in [-0.15, -0.1) is 0 Å². The Morgan fingerprint density at radius 1 is 0.977 bits per heavy atom. The van der Waals surface area contributed by atoms with Crippen LogP contribution in [0, 0.1) is 23.7 Å². The molecule has 0 radical (unpaired) electrons. The Labute approximate surface area is 262 Å². The van der Waals surface area contributed by atoms with E-state index in [1.807, 2.05) is 12.1 Å². The average molecular weight is 633 g/mol. The van der Waals surface area contributed by atoms with Crippen molar-refractivity contribution in [1.82, 2.24) is 10.3 Å². The van der Waals surface area contributed by atoms with Crippen LogP contribution >= 0.6 is 23.2 Å². The van der Waals surface area contributed by atoms with Gasteiger partial charge in [-0.05, 0) is 72.4 Å². The molecule has 224 valence electrons. The smallest absolute Gasteiger partial charge is 0.260 e. The number of ether oxygens (including phenoxy) is 1. The Kier molecular flexibility index (Phi) is 6.71. The lowest BCUT2D eigenvalue weighted by Crippen LogP contribution is -2.53. The monoisotopic (exact) mass is 631 g/mol. The van der Waals surface area contributed by atoms with Crippen molar-refractivity contribution < 1.29 is 29.0 Å². The first-order valence-electron chi connectivity index (χ1n) is 14.2. The fourth-order valence-electron chi connectivity index (χ4n) is 7.83. The number of imide groups is 2. The molecule has 9 nitrogen and oxygen atoms in total. The van der Waals surface area contributed by atoms with Crippen molar-refractivity contribution in [2.75, 3.05) is 12.5 Å². The second-order valence-corrected chi connectivity index (χ2v) is 12.5. The van der Waals surface area contributed by atoms with Crippen LogP contribution in [0.5, 0.6) is 11.5 Å². The first-order chi connectivity index (χ1) is 21.1. The Morgan fingerprint density at radius 3 is 2.45 bits per heavy atom. The number of anilines is 1. The normalized spacial score (nSPS) is 29.0. The van der Waals surface area contributed by atoms with Crippen molar-refractivity contribution in [2.45, 2.75) is 24.2 Å². The maximum absolute atomic E-state index is 15.0. The number of carbonyl (C=O) groups excluding carboxylic acids is 4. The fourth-order valence-corrected chi connectivity index (χ4v) is 8.28. The van der Waals surface area contributed by atoms with E-state index in [0.29, 0.717) is 34.0 Å². The molecule has 3 aromatic rings. The average Bonchev–Trinajstić information content (AvgIpc) is 3.42.